The van der Waals surface area contributed by atoms with Crippen LogP contribution in [0.15, 0.2) is 102 Å². The molecular weight excluding hydrogens is 388 g/mol. The third-order valence-electron chi connectivity index (χ3n) is 5.05. The van der Waals surface area contributed by atoms with Crippen LogP contribution in [0, 0.1) is 0 Å². The van der Waals surface area contributed by atoms with Crippen LogP contribution in [0.25, 0.3) is 33.2 Å². The molecule has 0 aliphatic rings. The van der Waals surface area contributed by atoms with Gasteiger partial charge in [-0.15, -0.1) is 11.3 Å². The van der Waals surface area contributed by atoms with E-state index >= 15 is 0 Å². The highest BCUT2D eigenvalue weighted by Crippen LogP contribution is 2.28. The van der Waals surface area contributed by atoms with E-state index in [4.69, 9.17) is 0 Å². The van der Waals surface area contributed by atoms with E-state index in [1.807, 2.05) is 66.0 Å². The second-order valence-electron chi connectivity index (χ2n) is 6.96. The number of rotatable bonds is 4. The first-order valence-corrected chi connectivity index (χ1v) is 10.6. The standard InChI is InChI=1S/C26H18N2OS/c29-25(23-12-6-10-20-9-4-5-11-22(20)23)28-26-27-24(17-30-26)21-15-13-19(14-16-21)18-7-2-1-3-8-18/h1-17H,(H,27,28,29). The molecule has 0 saturated carbocycles. The van der Waals surface area contributed by atoms with Gasteiger partial charge in [-0.3, -0.25) is 10.1 Å². The van der Waals surface area contributed by atoms with E-state index in [9.17, 15) is 4.79 Å². The Morgan fingerprint density at radius 1 is 0.700 bits per heavy atom. The number of fused-ring (bicyclic) bond motifs is 1. The van der Waals surface area contributed by atoms with E-state index in [2.05, 4.69) is 46.7 Å². The van der Waals surface area contributed by atoms with Crippen molar-refractivity contribution in [1.82, 2.24) is 4.98 Å². The maximum atomic E-state index is 12.8. The molecule has 0 aliphatic heterocycles. The van der Waals surface area contributed by atoms with E-state index in [1.54, 1.807) is 0 Å². The van der Waals surface area contributed by atoms with Crippen molar-refractivity contribution in [1.29, 1.82) is 0 Å². The van der Waals surface area contributed by atoms with E-state index in [0.717, 1.165) is 22.0 Å². The van der Waals surface area contributed by atoms with Crippen molar-refractivity contribution in [3.63, 3.8) is 0 Å². The summed E-state index contributed by atoms with van der Waals surface area (Å²) in [4.78, 5) is 17.4. The largest absolute Gasteiger partial charge is 0.298 e. The molecule has 0 unspecified atom stereocenters. The number of aromatic nitrogens is 1. The molecule has 0 radical (unpaired) electrons. The Kier molecular flexibility index (Phi) is 4.83. The number of carbonyl (C=O) groups is 1. The Balaban J connectivity index is 1.36. The van der Waals surface area contributed by atoms with Gasteiger partial charge in [0.05, 0.1) is 5.69 Å². The molecule has 4 aromatic carbocycles. The molecule has 144 valence electrons. The van der Waals surface area contributed by atoms with Crippen LogP contribution in [0.3, 0.4) is 0 Å². The molecule has 0 fully saturated rings. The van der Waals surface area contributed by atoms with Crippen molar-refractivity contribution in [2.75, 3.05) is 5.32 Å². The lowest BCUT2D eigenvalue weighted by atomic mass is 10.0. The molecule has 0 aliphatic carbocycles. The molecule has 1 aromatic heterocycles. The summed E-state index contributed by atoms with van der Waals surface area (Å²) < 4.78 is 0. The van der Waals surface area contributed by atoms with Crippen LogP contribution in [0.2, 0.25) is 0 Å². The lowest BCUT2D eigenvalue weighted by Gasteiger charge is -2.06. The van der Waals surface area contributed by atoms with Crippen LogP contribution in [-0.2, 0) is 0 Å². The van der Waals surface area contributed by atoms with Gasteiger partial charge < -0.3 is 0 Å². The second kappa shape index (κ2) is 7.93. The molecule has 3 nitrogen and oxygen atoms in total. The van der Waals surface area contributed by atoms with Crippen molar-refractivity contribution in [3.05, 3.63) is 108 Å². The molecule has 0 spiro atoms. The highest BCUT2D eigenvalue weighted by atomic mass is 32.1. The number of nitrogens with one attached hydrogen (secondary N) is 1. The molecule has 0 saturated heterocycles. The molecule has 30 heavy (non-hydrogen) atoms. The van der Waals surface area contributed by atoms with Crippen molar-refractivity contribution in [2.45, 2.75) is 0 Å². The number of thiazole rings is 1. The lowest BCUT2D eigenvalue weighted by molar-refractivity contribution is 0.102. The monoisotopic (exact) mass is 406 g/mol. The zero-order valence-electron chi connectivity index (χ0n) is 16.1. The molecule has 0 atom stereocenters. The Hall–Kier alpha value is -3.76. The summed E-state index contributed by atoms with van der Waals surface area (Å²) in [5, 5.41) is 7.49. The third kappa shape index (κ3) is 3.61. The Labute approximate surface area is 178 Å². The van der Waals surface area contributed by atoms with Gasteiger partial charge in [0.15, 0.2) is 5.13 Å². The van der Waals surface area contributed by atoms with Crippen LogP contribution in [0.4, 0.5) is 5.13 Å². The van der Waals surface area contributed by atoms with Gasteiger partial charge in [-0.2, -0.15) is 0 Å². The quantitative estimate of drug-likeness (QED) is 0.353. The molecule has 5 aromatic rings. The summed E-state index contributed by atoms with van der Waals surface area (Å²) >= 11 is 1.43. The number of hydrogen-bond donors (Lipinski definition) is 1. The molecule has 5 rings (SSSR count). The minimum atomic E-state index is -0.146. The van der Waals surface area contributed by atoms with Crippen LogP contribution in [0.5, 0.6) is 0 Å². The number of carbonyl (C=O) groups excluding carboxylic acids is 1. The fourth-order valence-electron chi connectivity index (χ4n) is 3.52. The molecule has 0 bridgehead atoms. The summed E-state index contributed by atoms with van der Waals surface area (Å²) in [7, 11) is 0. The topological polar surface area (TPSA) is 42.0 Å². The first-order valence-electron chi connectivity index (χ1n) is 9.68. The zero-order valence-corrected chi connectivity index (χ0v) is 16.9. The van der Waals surface area contributed by atoms with Gasteiger partial charge in [-0.1, -0.05) is 91.0 Å². The first-order chi connectivity index (χ1) is 14.8. The van der Waals surface area contributed by atoms with E-state index < -0.39 is 0 Å². The average Bonchev–Trinajstić information content (AvgIpc) is 3.28. The summed E-state index contributed by atoms with van der Waals surface area (Å²) in [6.45, 7) is 0. The first kappa shape index (κ1) is 18.3. The minimum absolute atomic E-state index is 0.146. The summed E-state index contributed by atoms with van der Waals surface area (Å²) in [5.41, 5.74) is 4.88. The van der Waals surface area contributed by atoms with Crippen molar-refractivity contribution in [3.8, 4) is 22.4 Å². The highest BCUT2D eigenvalue weighted by molar-refractivity contribution is 7.14. The van der Waals surface area contributed by atoms with Crippen LogP contribution >= 0.6 is 11.3 Å². The minimum Gasteiger partial charge on any atom is -0.298 e. The van der Waals surface area contributed by atoms with E-state index in [1.165, 1.54) is 22.5 Å². The van der Waals surface area contributed by atoms with E-state index in [0.29, 0.717) is 10.7 Å². The molecule has 1 N–H and O–H groups in total. The number of anilines is 1. The smallest absolute Gasteiger partial charge is 0.258 e. The summed E-state index contributed by atoms with van der Waals surface area (Å²) in [5.74, 6) is -0.146. The Morgan fingerprint density at radius 2 is 1.37 bits per heavy atom. The normalized spacial score (nSPS) is 10.8. The molecule has 1 heterocycles. The van der Waals surface area contributed by atoms with E-state index in [-0.39, 0.29) is 5.91 Å². The fraction of sp³-hybridized carbons (Fsp3) is 0. The van der Waals surface area contributed by atoms with Crippen LogP contribution in [0.1, 0.15) is 10.4 Å². The van der Waals surface area contributed by atoms with Gasteiger partial charge in [0.1, 0.15) is 0 Å². The number of nitrogens with zero attached hydrogens (tertiary/aromatic N) is 1. The third-order valence-corrected chi connectivity index (χ3v) is 5.80. The van der Waals surface area contributed by atoms with Gasteiger partial charge in [0, 0.05) is 16.5 Å². The molecule has 1 amide bonds. The lowest BCUT2D eigenvalue weighted by Crippen LogP contribution is -2.12. The van der Waals surface area contributed by atoms with Gasteiger partial charge in [0.25, 0.3) is 5.91 Å². The van der Waals surface area contributed by atoms with Crippen molar-refractivity contribution < 1.29 is 4.79 Å². The van der Waals surface area contributed by atoms with Crippen LogP contribution < -0.4 is 5.32 Å². The molecular formula is C26H18N2OS. The predicted molar refractivity (Wildman–Crippen MR) is 125 cm³/mol. The maximum Gasteiger partial charge on any atom is 0.258 e. The van der Waals surface area contributed by atoms with Gasteiger partial charge in [-0.25, -0.2) is 4.98 Å². The fourth-order valence-corrected chi connectivity index (χ4v) is 4.23. The van der Waals surface area contributed by atoms with Crippen molar-refractivity contribution >= 4 is 33.1 Å². The predicted octanol–water partition coefficient (Wildman–Crippen LogP) is 6.88. The zero-order chi connectivity index (χ0) is 20.3. The SMILES string of the molecule is O=C(Nc1nc(-c2ccc(-c3ccccc3)cc2)cs1)c1cccc2ccccc12. The van der Waals surface area contributed by atoms with Gasteiger partial charge in [-0.05, 0) is 28.0 Å². The number of hydrogen-bond acceptors (Lipinski definition) is 3. The van der Waals surface area contributed by atoms with Crippen molar-refractivity contribution in [2.24, 2.45) is 0 Å². The molecule has 4 heteroatoms. The highest BCUT2D eigenvalue weighted by Gasteiger charge is 2.12. The Bertz CT molecular complexity index is 1320. The summed E-state index contributed by atoms with van der Waals surface area (Å²) in [6.07, 6.45) is 0. The van der Waals surface area contributed by atoms with Gasteiger partial charge in [0.2, 0.25) is 0 Å². The number of amides is 1. The average molecular weight is 407 g/mol. The van der Waals surface area contributed by atoms with Gasteiger partial charge >= 0.3 is 0 Å². The summed E-state index contributed by atoms with van der Waals surface area (Å²) in [6, 6.07) is 32.2. The number of benzene rings is 4. The maximum absolute atomic E-state index is 12.8. The Morgan fingerprint density at radius 3 is 2.20 bits per heavy atom. The van der Waals surface area contributed by atoms with Crippen LogP contribution in [-0.4, -0.2) is 10.9 Å². The second-order valence-corrected chi connectivity index (χ2v) is 7.82.